The normalized spacial score (nSPS) is 24.0. The molecule has 1 unspecified atom stereocenters. The van der Waals surface area contributed by atoms with Gasteiger partial charge in [-0.15, -0.1) is 0 Å². The zero-order valence-corrected chi connectivity index (χ0v) is 11.2. The number of unbranched alkanes of at least 4 members (excludes halogenated alkanes) is 2. The minimum absolute atomic E-state index is 0.0309. The minimum Gasteiger partial charge on any atom is -0.480 e. The Kier molecular flexibility index (Phi) is 5.59. The molecular formula is C13H24N2O3. The van der Waals surface area contributed by atoms with Crippen molar-refractivity contribution in [2.45, 2.75) is 57.4 Å². The summed E-state index contributed by atoms with van der Waals surface area (Å²) in [4.78, 5) is 25.0. The molecule has 1 saturated heterocycles. The number of carbonyl (C=O) groups is 2. The Morgan fingerprint density at radius 2 is 2.00 bits per heavy atom. The third kappa shape index (κ3) is 3.45. The van der Waals surface area contributed by atoms with E-state index in [9.17, 15) is 14.7 Å². The summed E-state index contributed by atoms with van der Waals surface area (Å²) in [6.07, 6.45) is 5.41. The van der Waals surface area contributed by atoms with E-state index < -0.39 is 11.5 Å². The van der Waals surface area contributed by atoms with Gasteiger partial charge in [-0.2, -0.15) is 0 Å². The van der Waals surface area contributed by atoms with Crippen molar-refractivity contribution in [1.29, 1.82) is 0 Å². The molecule has 5 nitrogen and oxygen atoms in total. The molecule has 1 aliphatic rings. The van der Waals surface area contributed by atoms with Gasteiger partial charge in [0.2, 0.25) is 5.91 Å². The van der Waals surface area contributed by atoms with Crippen LogP contribution in [0.3, 0.4) is 0 Å². The van der Waals surface area contributed by atoms with Gasteiger partial charge in [0.15, 0.2) is 0 Å². The molecule has 1 heterocycles. The average molecular weight is 256 g/mol. The van der Waals surface area contributed by atoms with E-state index in [1.165, 1.54) is 0 Å². The Bertz CT molecular complexity index is 307. The number of hydrogen-bond donors (Lipinski definition) is 2. The number of carboxylic acids is 1. The fraction of sp³-hybridized carbons (Fsp3) is 0.846. The third-order valence-electron chi connectivity index (χ3n) is 3.75. The van der Waals surface area contributed by atoms with Gasteiger partial charge in [-0.05, 0) is 45.6 Å². The Labute approximate surface area is 108 Å². The van der Waals surface area contributed by atoms with Crippen LogP contribution in [0.5, 0.6) is 0 Å². The Hall–Kier alpha value is -1.10. The van der Waals surface area contributed by atoms with Crippen LogP contribution in [-0.2, 0) is 9.59 Å². The maximum Gasteiger partial charge on any atom is 0.329 e. The van der Waals surface area contributed by atoms with E-state index >= 15 is 0 Å². The summed E-state index contributed by atoms with van der Waals surface area (Å²) >= 11 is 0. The van der Waals surface area contributed by atoms with Gasteiger partial charge in [0.05, 0.1) is 0 Å². The molecule has 1 aliphatic heterocycles. The van der Waals surface area contributed by atoms with Crippen LogP contribution in [0.4, 0.5) is 0 Å². The second-order valence-electron chi connectivity index (χ2n) is 5.18. The van der Waals surface area contributed by atoms with Gasteiger partial charge in [-0.1, -0.05) is 6.42 Å². The predicted molar refractivity (Wildman–Crippen MR) is 69.1 cm³/mol. The smallest absolute Gasteiger partial charge is 0.329 e. The van der Waals surface area contributed by atoms with Crippen molar-refractivity contribution < 1.29 is 14.7 Å². The molecule has 3 N–H and O–H groups in total. The maximum atomic E-state index is 12.1. The van der Waals surface area contributed by atoms with Crippen molar-refractivity contribution in [2.75, 3.05) is 13.1 Å². The molecule has 1 atom stereocenters. The Morgan fingerprint density at radius 3 is 2.61 bits per heavy atom. The standard InChI is InChI=1S/C13H24N2O3/c1-13(12(17)18)8-4-6-10-15(13)11(16)7-3-2-5-9-14/h2-10,14H2,1H3,(H,17,18). The van der Waals surface area contributed by atoms with Crippen LogP contribution in [0.2, 0.25) is 0 Å². The van der Waals surface area contributed by atoms with Gasteiger partial charge >= 0.3 is 5.97 Å². The van der Waals surface area contributed by atoms with E-state index in [4.69, 9.17) is 5.73 Å². The molecule has 0 aliphatic carbocycles. The molecule has 0 radical (unpaired) electrons. The lowest BCUT2D eigenvalue weighted by Crippen LogP contribution is -2.57. The van der Waals surface area contributed by atoms with Crippen molar-refractivity contribution in [1.82, 2.24) is 4.90 Å². The lowest BCUT2D eigenvalue weighted by Gasteiger charge is -2.41. The predicted octanol–water partition coefficient (Wildman–Crippen LogP) is 1.36. The number of hydrogen-bond acceptors (Lipinski definition) is 3. The fourth-order valence-electron chi connectivity index (χ4n) is 2.48. The van der Waals surface area contributed by atoms with Crippen molar-refractivity contribution in [3.8, 4) is 0 Å². The average Bonchev–Trinajstić information content (AvgIpc) is 2.34. The number of piperidine rings is 1. The molecule has 18 heavy (non-hydrogen) atoms. The Balaban J connectivity index is 2.55. The van der Waals surface area contributed by atoms with Gasteiger partial charge < -0.3 is 15.7 Å². The number of rotatable bonds is 6. The summed E-state index contributed by atoms with van der Waals surface area (Å²) in [7, 11) is 0. The molecule has 1 amide bonds. The van der Waals surface area contributed by atoms with E-state index in [0.29, 0.717) is 25.9 Å². The topological polar surface area (TPSA) is 83.6 Å². The third-order valence-corrected chi connectivity index (χ3v) is 3.75. The molecule has 1 fully saturated rings. The number of aliphatic carboxylic acids is 1. The first-order chi connectivity index (χ1) is 8.52. The highest BCUT2D eigenvalue weighted by atomic mass is 16.4. The van der Waals surface area contributed by atoms with Crippen LogP contribution in [0.25, 0.3) is 0 Å². The number of nitrogens with zero attached hydrogens (tertiary/aromatic N) is 1. The van der Waals surface area contributed by atoms with Crippen molar-refractivity contribution in [2.24, 2.45) is 5.73 Å². The maximum absolute atomic E-state index is 12.1. The van der Waals surface area contributed by atoms with E-state index in [1.807, 2.05) is 0 Å². The minimum atomic E-state index is -1.01. The number of likely N-dealkylation sites (tertiary alicyclic amines) is 1. The number of carboxylic acid groups (broad SMARTS) is 1. The van der Waals surface area contributed by atoms with Gasteiger partial charge in [0.1, 0.15) is 5.54 Å². The summed E-state index contributed by atoms with van der Waals surface area (Å²) in [6.45, 7) is 2.87. The molecule has 1 rings (SSSR count). The molecule has 0 aromatic rings. The largest absolute Gasteiger partial charge is 0.480 e. The summed E-state index contributed by atoms with van der Waals surface area (Å²) in [5, 5.41) is 9.32. The molecular weight excluding hydrogens is 232 g/mol. The van der Waals surface area contributed by atoms with Crippen LogP contribution >= 0.6 is 0 Å². The van der Waals surface area contributed by atoms with Crippen molar-refractivity contribution in [3.05, 3.63) is 0 Å². The second-order valence-corrected chi connectivity index (χ2v) is 5.18. The van der Waals surface area contributed by atoms with E-state index in [1.54, 1.807) is 11.8 Å². The van der Waals surface area contributed by atoms with Crippen molar-refractivity contribution in [3.63, 3.8) is 0 Å². The highest BCUT2D eigenvalue weighted by molar-refractivity contribution is 5.87. The summed E-state index contributed by atoms with van der Waals surface area (Å²) in [5.41, 5.74) is 4.39. The summed E-state index contributed by atoms with van der Waals surface area (Å²) in [6, 6.07) is 0. The summed E-state index contributed by atoms with van der Waals surface area (Å²) < 4.78 is 0. The van der Waals surface area contributed by atoms with Gasteiger partial charge in [0.25, 0.3) is 0 Å². The van der Waals surface area contributed by atoms with Crippen LogP contribution in [0.1, 0.15) is 51.9 Å². The molecule has 0 saturated carbocycles. The SMILES string of the molecule is CC1(C(=O)O)CCCCN1C(=O)CCCCCN. The molecule has 5 heteroatoms. The summed E-state index contributed by atoms with van der Waals surface area (Å²) in [5.74, 6) is -0.922. The van der Waals surface area contributed by atoms with E-state index in [0.717, 1.165) is 32.1 Å². The Morgan fingerprint density at radius 1 is 1.28 bits per heavy atom. The molecule has 0 aromatic heterocycles. The van der Waals surface area contributed by atoms with Crippen LogP contribution in [0, 0.1) is 0 Å². The molecule has 104 valence electrons. The van der Waals surface area contributed by atoms with Crippen LogP contribution in [0.15, 0.2) is 0 Å². The fourth-order valence-corrected chi connectivity index (χ4v) is 2.48. The highest BCUT2D eigenvalue weighted by Crippen LogP contribution is 2.29. The lowest BCUT2D eigenvalue weighted by molar-refractivity contribution is -0.161. The van der Waals surface area contributed by atoms with Gasteiger partial charge in [0, 0.05) is 13.0 Å². The first kappa shape index (κ1) is 15.0. The monoisotopic (exact) mass is 256 g/mol. The highest BCUT2D eigenvalue weighted by Gasteiger charge is 2.43. The van der Waals surface area contributed by atoms with E-state index in [2.05, 4.69) is 0 Å². The van der Waals surface area contributed by atoms with Crippen molar-refractivity contribution >= 4 is 11.9 Å². The zero-order chi connectivity index (χ0) is 13.6. The van der Waals surface area contributed by atoms with Gasteiger partial charge in [-0.3, -0.25) is 4.79 Å². The molecule has 0 bridgehead atoms. The first-order valence-corrected chi connectivity index (χ1v) is 6.76. The number of carbonyl (C=O) groups excluding carboxylic acids is 1. The van der Waals surface area contributed by atoms with Crippen LogP contribution < -0.4 is 5.73 Å². The number of amides is 1. The van der Waals surface area contributed by atoms with Gasteiger partial charge in [-0.25, -0.2) is 4.79 Å². The lowest BCUT2D eigenvalue weighted by atomic mass is 9.88. The molecule has 0 spiro atoms. The first-order valence-electron chi connectivity index (χ1n) is 6.76. The zero-order valence-electron chi connectivity index (χ0n) is 11.2. The van der Waals surface area contributed by atoms with Crippen LogP contribution in [-0.4, -0.2) is 40.5 Å². The number of nitrogens with two attached hydrogens (primary N) is 1. The molecule has 0 aromatic carbocycles. The quantitative estimate of drug-likeness (QED) is 0.703. The van der Waals surface area contributed by atoms with E-state index in [-0.39, 0.29) is 5.91 Å². The second kappa shape index (κ2) is 6.73.